The van der Waals surface area contributed by atoms with E-state index in [0.29, 0.717) is 17.9 Å². The molecule has 0 amide bonds. The van der Waals surface area contributed by atoms with Gasteiger partial charge in [0.05, 0.1) is 18.9 Å². The zero-order valence-corrected chi connectivity index (χ0v) is 46.9. The van der Waals surface area contributed by atoms with Crippen LogP contribution in [0, 0.1) is 23.2 Å². The third kappa shape index (κ3) is 47.5. The molecule has 372 valence electrons. The molecule has 0 bridgehead atoms. The van der Waals surface area contributed by atoms with Crippen molar-refractivity contribution in [2.45, 2.75) is 97.8 Å². The predicted octanol–water partition coefficient (Wildman–Crippen LogP) is 3.01. The van der Waals surface area contributed by atoms with Crippen molar-refractivity contribution in [2.75, 3.05) is 67.3 Å². The van der Waals surface area contributed by atoms with Crippen molar-refractivity contribution in [2.24, 2.45) is 11.8 Å². The molecule has 3 atom stereocenters. The number of carboxylic acids is 1. The molecule has 5 aliphatic rings. The van der Waals surface area contributed by atoms with Crippen LogP contribution >= 0.6 is 35.3 Å². The van der Waals surface area contributed by atoms with Gasteiger partial charge < -0.3 is 42.6 Å². The van der Waals surface area contributed by atoms with E-state index >= 15 is 0 Å². The van der Waals surface area contributed by atoms with Crippen LogP contribution in [0.4, 0.5) is 26.3 Å². The van der Waals surface area contributed by atoms with Gasteiger partial charge in [0.25, 0.3) is 18.2 Å². The maximum absolute atomic E-state index is 12.2. The Kier molecular flexibility index (Phi) is 59.9. The summed E-state index contributed by atoms with van der Waals surface area (Å²) < 4.78 is 75.3. The maximum atomic E-state index is 12.2. The second-order valence-electron chi connectivity index (χ2n) is 13.4. The van der Waals surface area contributed by atoms with Gasteiger partial charge in [-0.3, -0.25) is 19.4 Å². The van der Waals surface area contributed by atoms with Crippen LogP contribution in [0.1, 0.15) is 98.2 Å². The Morgan fingerprint density at radius 3 is 1.88 bits per heavy atom. The number of ketones is 1. The number of allylic oxidation sites excluding steroid dienone is 2. The number of halogens is 6. The number of alkyl halides is 6. The van der Waals surface area contributed by atoms with Crippen molar-refractivity contribution in [3.63, 3.8) is 0 Å². The van der Waals surface area contributed by atoms with Gasteiger partial charge in [-0.15, -0.1) is 0 Å². The number of carboxylic acid groups (broad SMARTS) is 1. The molecule has 5 N–H and O–H groups in total. The summed E-state index contributed by atoms with van der Waals surface area (Å²) in [5.41, 5.74) is 0.116. The number of hydrogen-bond donors (Lipinski definition) is 3. The van der Waals surface area contributed by atoms with Gasteiger partial charge in [0.1, 0.15) is 12.0 Å². The molecule has 3 unspecified atom stereocenters. The number of ether oxygens (including phenoxy) is 1. The first-order chi connectivity index (χ1) is 29.5. The average Bonchev–Trinajstić information content (AvgIpc) is 4.08. The fourth-order valence-electron chi connectivity index (χ4n) is 5.28. The van der Waals surface area contributed by atoms with Crippen LogP contribution < -0.4 is 119 Å². The van der Waals surface area contributed by atoms with Crippen LogP contribution in [0.5, 0.6) is 0 Å². The van der Waals surface area contributed by atoms with E-state index in [1.807, 2.05) is 23.5 Å². The average molecular weight is 1060 g/mol. The molecule has 0 radical (unpaired) electrons. The molecule has 66 heavy (non-hydrogen) atoms. The van der Waals surface area contributed by atoms with Gasteiger partial charge in [0, 0.05) is 51.4 Å². The molecule has 5 fully saturated rings. The van der Waals surface area contributed by atoms with Crippen LogP contribution in [0.3, 0.4) is 0 Å². The summed E-state index contributed by atoms with van der Waals surface area (Å²) in [7, 11) is 0. The number of thioether (sulfide) groups is 3. The second kappa shape index (κ2) is 51.1. The third-order valence-corrected chi connectivity index (χ3v) is 11.9. The minimum absolute atomic E-state index is 0. The SMILES string of the molecule is C.C(=C\N1CCCC1)/C1CCSC1.C1CCNC1.CC#N.CC(=O)O.CCO/C=C/C(=O)C(F)(F)F.FC(F)(F)c1ccc(C2CCSC2)cn1.N.O=CCC1CCSC1.O=CO[O-].[H-].[K+].[K+]. The maximum Gasteiger partial charge on any atom is 1.00 e. The van der Waals surface area contributed by atoms with E-state index in [4.69, 9.17) is 25.2 Å². The molecule has 13 nitrogen and oxygen atoms in total. The number of aldehydes is 1. The van der Waals surface area contributed by atoms with E-state index < -0.39 is 29.8 Å². The zero-order valence-electron chi connectivity index (χ0n) is 39.2. The molecular formula is C42H69F6K2N5O8S3. The molecule has 5 saturated heterocycles. The van der Waals surface area contributed by atoms with Crippen LogP contribution in [0.15, 0.2) is 42.9 Å². The summed E-state index contributed by atoms with van der Waals surface area (Å²) in [6, 6.07) is 4.37. The summed E-state index contributed by atoms with van der Waals surface area (Å²) in [5, 5.41) is 26.4. The second-order valence-corrected chi connectivity index (χ2v) is 16.8. The van der Waals surface area contributed by atoms with E-state index in [-0.39, 0.29) is 131 Å². The van der Waals surface area contributed by atoms with Crippen molar-refractivity contribution in [3.05, 3.63) is 54.2 Å². The summed E-state index contributed by atoms with van der Waals surface area (Å²) in [5.74, 6) is 6.49. The van der Waals surface area contributed by atoms with Crippen LogP contribution in [0.2, 0.25) is 0 Å². The summed E-state index contributed by atoms with van der Waals surface area (Å²) >= 11 is 5.89. The smallest absolute Gasteiger partial charge is 1.00 e. The number of carbonyl (C=O) groups is 4. The molecule has 0 aromatic carbocycles. The molecule has 24 heteroatoms. The zero-order chi connectivity index (χ0) is 47.1. The molecule has 6 heterocycles. The standard InChI is InChI=1S/C10H10F3NS.C10H17NS.C6H7F3O2.C6H10OS.C4H9N.C2H3N.C2H4O2.CH2O3.CH4.2K.H3N.H/c11-10(12,13)9-2-1-7(5-14-9)8-3-4-15-6-8;1-2-6-11(5-1)7-3-10-4-8-12-9-10;1-2-11-4-3-5(10)6(7,8)9;7-3-1-6-2-4-8-5-6;1-2-4-5-3-1;1-2-3;1-2(3)4;2-1-4-3;;;;;/h1-2,5,8H,3-4,6H2;3,7,10H,1-2,4-6,8-9H2;3-4H,2H2,1H3;3,6H,1-2,4-5H2;5H,1-4H2;1H3;1H3,(H,3,4);1,3H;1H4;;;1H3;/q;;;;;;;;;2*+1;;-1/p-1/b;7-3+;4-3+;;;;;;;;;;. The van der Waals surface area contributed by atoms with Gasteiger partial charge in [-0.1, -0.05) is 19.6 Å². The first-order valence-corrected chi connectivity index (χ1v) is 23.4. The number of pyridine rings is 1. The number of nitriles is 1. The van der Waals surface area contributed by atoms with Crippen molar-refractivity contribution in [3.8, 4) is 6.07 Å². The molecule has 0 spiro atoms. The first-order valence-electron chi connectivity index (χ1n) is 19.9. The predicted molar refractivity (Wildman–Crippen MR) is 244 cm³/mol. The number of likely N-dealkylation sites (tertiary alicyclic amines) is 1. The largest absolute Gasteiger partial charge is 1.00 e. The van der Waals surface area contributed by atoms with Gasteiger partial charge >= 0.3 is 115 Å². The number of aromatic nitrogens is 1. The number of aliphatic carboxylic acids is 1. The normalized spacial score (nSPS) is 18.6. The summed E-state index contributed by atoms with van der Waals surface area (Å²) in [4.78, 5) is 46.2. The topological polar surface area (TPSA) is 217 Å². The number of rotatable bonds is 9. The van der Waals surface area contributed by atoms with Crippen LogP contribution in [-0.4, -0.2) is 113 Å². The first kappa shape index (κ1) is 77.2. The molecule has 0 saturated carbocycles. The van der Waals surface area contributed by atoms with E-state index in [1.165, 1.54) is 101 Å². The van der Waals surface area contributed by atoms with Crippen molar-refractivity contribution in [1.82, 2.24) is 21.4 Å². The monoisotopic (exact) mass is 1060 g/mol. The molecular weight excluding hydrogens is 991 g/mol. The fourth-order valence-corrected chi connectivity index (χ4v) is 9.06. The van der Waals surface area contributed by atoms with Crippen molar-refractivity contribution >= 4 is 59.8 Å². The Morgan fingerprint density at radius 2 is 1.52 bits per heavy atom. The number of nitrogens with one attached hydrogen (secondary N) is 1. The molecule has 0 aliphatic carbocycles. The number of hydrogen-bond acceptors (Lipinski definition) is 15. The number of nitrogens with zero attached hydrogens (tertiary/aromatic N) is 3. The van der Waals surface area contributed by atoms with E-state index in [9.17, 15) is 35.9 Å². The van der Waals surface area contributed by atoms with Gasteiger partial charge in [-0.25, -0.2) is 0 Å². The molecule has 6 rings (SSSR count). The molecule has 5 aliphatic heterocycles. The Balaban J connectivity index is -0.000000128. The molecule has 1 aromatic heterocycles. The van der Waals surface area contributed by atoms with Gasteiger partial charge in [0.2, 0.25) is 0 Å². The third-order valence-electron chi connectivity index (χ3n) is 8.36. The quantitative estimate of drug-likeness (QED) is 0.0616. The number of carbonyl (C=O) groups excluding carboxylic acids is 3. The van der Waals surface area contributed by atoms with Crippen molar-refractivity contribution in [1.29, 1.82) is 5.26 Å². The van der Waals surface area contributed by atoms with Crippen LogP contribution in [-0.2, 0) is 35.0 Å². The summed E-state index contributed by atoms with van der Waals surface area (Å²) in [6.45, 7) is 9.25. The van der Waals surface area contributed by atoms with E-state index in [2.05, 4.69) is 48.9 Å². The van der Waals surface area contributed by atoms with Crippen molar-refractivity contribution < 1.29 is 170 Å². The minimum Gasteiger partial charge on any atom is -1.00 e. The molecule has 1 aromatic rings. The van der Waals surface area contributed by atoms with Crippen LogP contribution in [0.25, 0.3) is 0 Å². The Morgan fingerprint density at radius 1 is 0.985 bits per heavy atom. The Hall–Kier alpha value is -0.217. The Bertz CT molecular complexity index is 1390. The van der Waals surface area contributed by atoms with Gasteiger partial charge in [-0.2, -0.15) is 66.9 Å². The van der Waals surface area contributed by atoms with Gasteiger partial charge in [-0.05, 0) is 129 Å². The Labute approximate surface area is 487 Å². The minimum atomic E-state index is -4.80. The summed E-state index contributed by atoms with van der Waals surface area (Å²) in [6.07, 6.45) is 9.15. The fraction of sp³-hybridized carbons (Fsp3) is 0.667. The van der Waals surface area contributed by atoms with E-state index in [1.54, 1.807) is 19.1 Å². The van der Waals surface area contributed by atoms with E-state index in [0.717, 1.165) is 61.4 Å². The van der Waals surface area contributed by atoms with Gasteiger partial charge in [0.15, 0.2) is 0 Å².